The summed E-state index contributed by atoms with van der Waals surface area (Å²) in [5.74, 6) is -0.985. The zero-order valence-electron chi connectivity index (χ0n) is 10.0. The molecular formula is C12H19NO3. The van der Waals surface area contributed by atoms with E-state index >= 15 is 0 Å². The molecule has 0 unspecified atom stereocenters. The van der Waals surface area contributed by atoms with Crippen molar-refractivity contribution < 1.29 is 14.3 Å². The van der Waals surface area contributed by atoms with E-state index in [4.69, 9.17) is 9.52 Å². The summed E-state index contributed by atoms with van der Waals surface area (Å²) in [6.45, 7) is 7.93. The van der Waals surface area contributed by atoms with Gasteiger partial charge in [0.2, 0.25) is 5.76 Å². The Morgan fingerprint density at radius 2 is 2.19 bits per heavy atom. The van der Waals surface area contributed by atoms with Gasteiger partial charge in [0.05, 0.1) is 6.26 Å². The predicted octanol–water partition coefficient (Wildman–Crippen LogP) is 2.50. The van der Waals surface area contributed by atoms with Gasteiger partial charge in [-0.25, -0.2) is 4.79 Å². The van der Waals surface area contributed by atoms with E-state index in [1.807, 2.05) is 0 Å². The molecule has 90 valence electrons. The molecule has 1 rings (SSSR count). The Kier molecular flexibility index (Phi) is 4.12. The number of nitrogens with one attached hydrogen (secondary N) is 1. The maximum atomic E-state index is 10.8. The van der Waals surface area contributed by atoms with E-state index in [0.29, 0.717) is 17.5 Å². The predicted molar refractivity (Wildman–Crippen MR) is 61.4 cm³/mol. The fourth-order valence-corrected chi connectivity index (χ4v) is 1.35. The first-order chi connectivity index (χ1) is 7.40. The molecule has 0 spiro atoms. The number of hydrogen-bond donors (Lipinski definition) is 2. The molecule has 4 heteroatoms. The Hall–Kier alpha value is -1.29. The Morgan fingerprint density at radius 3 is 2.75 bits per heavy atom. The highest BCUT2D eigenvalue weighted by atomic mass is 16.4. The van der Waals surface area contributed by atoms with Crippen LogP contribution in [0.3, 0.4) is 0 Å². The standard InChI is InChI=1S/C12H19NO3/c1-12(2,3)5-6-13-8-9-4-7-16-10(9)11(14)15/h4,7,13H,5-6,8H2,1-3H3,(H,14,15). The highest BCUT2D eigenvalue weighted by molar-refractivity contribution is 5.86. The molecule has 4 nitrogen and oxygen atoms in total. The third-order valence-corrected chi connectivity index (χ3v) is 2.31. The first-order valence-corrected chi connectivity index (χ1v) is 5.40. The minimum Gasteiger partial charge on any atom is -0.475 e. The lowest BCUT2D eigenvalue weighted by molar-refractivity contribution is 0.0660. The number of rotatable bonds is 5. The van der Waals surface area contributed by atoms with E-state index in [1.54, 1.807) is 6.07 Å². The molecule has 0 aliphatic rings. The second kappa shape index (κ2) is 5.16. The van der Waals surface area contributed by atoms with Crippen LogP contribution in [0.1, 0.15) is 43.3 Å². The van der Waals surface area contributed by atoms with E-state index in [0.717, 1.165) is 13.0 Å². The van der Waals surface area contributed by atoms with Crippen LogP contribution >= 0.6 is 0 Å². The van der Waals surface area contributed by atoms with Crippen LogP contribution in [0.5, 0.6) is 0 Å². The van der Waals surface area contributed by atoms with Crippen LogP contribution in [0.2, 0.25) is 0 Å². The number of carboxylic acid groups (broad SMARTS) is 1. The zero-order valence-corrected chi connectivity index (χ0v) is 10.0. The molecule has 2 N–H and O–H groups in total. The Bertz CT molecular complexity index is 349. The van der Waals surface area contributed by atoms with E-state index < -0.39 is 5.97 Å². The molecule has 0 saturated heterocycles. The molecule has 1 heterocycles. The number of hydrogen-bond acceptors (Lipinski definition) is 3. The van der Waals surface area contributed by atoms with Crippen molar-refractivity contribution in [1.29, 1.82) is 0 Å². The highest BCUT2D eigenvalue weighted by Crippen LogP contribution is 2.17. The van der Waals surface area contributed by atoms with Gasteiger partial charge < -0.3 is 14.8 Å². The molecule has 16 heavy (non-hydrogen) atoms. The van der Waals surface area contributed by atoms with Crippen molar-refractivity contribution in [3.63, 3.8) is 0 Å². The quantitative estimate of drug-likeness (QED) is 0.756. The lowest BCUT2D eigenvalue weighted by atomic mass is 9.92. The Morgan fingerprint density at radius 1 is 1.50 bits per heavy atom. The fraction of sp³-hybridized carbons (Fsp3) is 0.583. The van der Waals surface area contributed by atoms with Gasteiger partial charge in [-0.15, -0.1) is 0 Å². The monoisotopic (exact) mass is 225 g/mol. The summed E-state index contributed by atoms with van der Waals surface area (Å²) in [4.78, 5) is 10.8. The van der Waals surface area contributed by atoms with Crippen molar-refractivity contribution in [3.05, 3.63) is 23.7 Å². The second-order valence-corrected chi connectivity index (χ2v) is 5.07. The topological polar surface area (TPSA) is 62.5 Å². The first-order valence-electron chi connectivity index (χ1n) is 5.40. The van der Waals surface area contributed by atoms with Crippen LogP contribution < -0.4 is 5.32 Å². The maximum Gasteiger partial charge on any atom is 0.372 e. The van der Waals surface area contributed by atoms with Crippen LogP contribution in [0.4, 0.5) is 0 Å². The molecule has 0 saturated carbocycles. The van der Waals surface area contributed by atoms with Gasteiger partial charge in [-0.05, 0) is 24.4 Å². The lowest BCUT2D eigenvalue weighted by Crippen LogP contribution is -2.20. The molecule has 0 aromatic carbocycles. The van der Waals surface area contributed by atoms with E-state index in [2.05, 4.69) is 26.1 Å². The van der Waals surface area contributed by atoms with Crippen molar-refractivity contribution in [2.24, 2.45) is 5.41 Å². The van der Waals surface area contributed by atoms with Gasteiger partial charge in [0.15, 0.2) is 0 Å². The van der Waals surface area contributed by atoms with Gasteiger partial charge in [-0.1, -0.05) is 20.8 Å². The maximum absolute atomic E-state index is 10.8. The summed E-state index contributed by atoms with van der Waals surface area (Å²) in [7, 11) is 0. The molecule has 0 radical (unpaired) electrons. The average molecular weight is 225 g/mol. The number of furan rings is 1. The van der Waals surface area contributed by atoms with Crippen LogP contribution in [-0.2, 0) is 6.54 Å². The van der Waals surface area contributed by atoms with Crippen molar-refractivity contribution in [2.75, 3.05) is 6.54 Å². The molecule has 0 atom stereocenters. The Balaban J connectivity index is 2.38. The molecule has 0 aliphatic heterocycles. The molecule has 1 aromatic rings. The van der Waals surface area contributed by atoms with E-state index in [9.17, 15) is 4.79 Å². The summed E-state index contributed by atoms with van der Waals surface area (Å²) in [5, 5.41) is 12.0. The van der Waals surface area contributed by atoms with Gasteiger partial charge >= 0.3 is 5.97 Å². The lowest BCUT2D eigenvalue weighted by Gasteiger charge is -2.17. The van der Waals surface area contributed by atoms with E-state index in [-0.39, 0.29) is 5.76 Å². The van der Waals surface area contributed by atoms with Crippen LogP contribution in [-0.4, -0.2) is 17.6 Å². The van der Waals surface area contributed by atoms with Crippen molar-refractivity contribution in [1.82, 2.24) is 5.32 Å². The largest absolute Gasteiger partial charge is 0.475 e. The smallest absolute Gasteiger partial charge is 0.372 e. The zero-order chi connectivity index (χ0) is 12.2. The van der Waals surface area contributed by atoms with Gasteiger partial charge in [0.1, 0.15) is 0 Å². The van der Waals surface area contributed by atoms with Crippen molar-refractivity contribution >= 4 is 5.97 Å². The molecule has 0 bridgehead atoms. The summed E-state index contributed by atoms with van der Waals surface area (Å²) < 4.78 is 4.88. The van der Waals surface area contributed by atoms with E-state index in [1.165, 1.54) is 6.26 Å². The summed E-state index contributed by atoms with van der Waals surface area (Å²) in [6.07, 6.45) is 2.46. The van der Waals surface area contributed by atoms with Crippen LogP contribution in [0.15, 0.2) is 16.7 Å². The number of carboxylic acids is 1. The SMILES string of the molecule is CC(C)(C)CCNCc1ccoc1C(=O)O. The third-order valence-electron chi connectivity index (χ3n) is 2.31. The van der Waals surface area contributed by atoms with Crippen LogP contribution in [0.25, 0.3) is 0 Å². The normalized spacial score (nSPS) is 11.7. The van der Waals surface area contributed by atoms with Gasteiger partial charge in [0.25, 0.3) is 0 Å². The number of carbonyl (C=O) groups is 1. The molecule has 0 amide bonds. The number of aromatic carboxylic acids is 1. The van der Waals surface area contributed by atoms with Crippen LogP contribution in [0, 0.1) is 5.41 Å². The molecule has 1 aromatic heterocycles. The summed E-state index contributed by atoms with van der Waals surface area (Å²) >= 11 is 0. The van der Waals surface area contributed by atoms with Crippen molar-refractivity contribution in [3.8, 4) is 0 Å². The molecular weight excluding hydrogens is 206 g/mol. The first kappa shape index (κ1) is 12.8. The van der Waals surface area contributed by atoms with Gasteiger partial charge in [-0.3, -0.25) is 0 Å². The molecule has 0 fully saturated rings. The van der Waals surface area contributed by atoms with Gasteiger partial charge in [0, 0.05) is 12.1 Å². The van der Waals surface area contributed by atoms with Gasteiger partial charge in [-0.2, -0.15) is 0 Å². The highest BCUT2D eigenvalue weighted by Gasteiger charge is 2.14. The minimum atomic E-state index is -1.02. The second-order valence-electron chi connectivity index (χ2n) is 5.07. The van der Waals surface area contributed by atoms with Crippen molar-refractivity contribution in [2.45, 2.75) is 33.7 Å². The fourth-order valence-electron chi connectivity index (χ4n) is 1.35. The average Bonchev–Trinajstić information content (AvgIpc) is 2.58. The minimum absolute atomic E-state index is 0.0308. The summed E-state index contributed by atoms with van der Waals surface area (Å²) in [5.41, 5.74) is 0.986. The molecule has 0 aliphatic carbocycles. The Labute approximate surface area is 95.7 Å². The third kappa shape index (κ3) is 4.06. The summed E-state index contributed by atoms with van der Waals surface area (Å²) in [6, 6.07) is 1.69.